The Hall–Kier alpha value is -2.66. The number of carboxylic acids is 1. The molecule has 202 valence electrons. The van der Waals surface area contributed by atoms with Crippen LogP contribution >= 0.6 is 23.4 Å². The van der Waals surface area contributed by atoms with Gasteiger partial charge in [0.05, 0.1) is 18.3 Å². The second kappa shape index (κ2) is 12.5. The molecule has 4 N–H and O–H groups in total. The Morgan fingerprint density at radius 2 is 1.76 bits per heavy atom. The maximum Gasteiger partial charge on any atom is 0.335 e. The Labute approximate surface area is 228 Å². The van der Waals surface area contributed by atoms with E-state index in [9.17, 15) is 29.6 Å². The molecule has 7 nitrogen and oxygen atoms in total. The van der Waals surface area contributed by atoms with Crippen molar-refractivity contribution in [3.05, 3.63) is 93.8 Å². The molecule has 0 spiro atoms. The number of aliphatic hydroxyl groups excluding tert-OH is 3. The number of hydrogen-bond donors (Lipinski definition) is 4. The summed E-state index contributed by atoms with van der Waals surface area (Å²) in [5.41, 5.74) is 2.26. The van der Waals surface area contributed by atoms with E-state index in [1.54, 1.807) is 18.2 Å². The molecule has 0 radical (unpaired) electrons. The first-order valence-corrected chi connectivity index (χ1v) is 13.4. The molecular formula is C28H28ClFO7S. The van der Waals surface area contributed by atoms with E-state index in [1.165, 1.54) is 6.07 Å². The van der Waals surface area contributed by atoms with Crippen LogP contribution in [0.25, 0.3) is 0 Å². The number of carbonyl (C=O) groups is 1. The predicted octanol–water partition coefficient (Wildman–Crippen LogP) is 4.48. The van der Waals surface area contributed by atoms with Gasteiger partial charge in [0.25, 0.3) is 0 Å². The van der Waals surface area contributed by atoms with Gasteiger partial charge in [0.2, 0.25) is 0 Å². The van der Waals surface area contributed by atoms with E-state index >= 15 is 0 Å². The van der Waals surface area contributed by atoms with Crippen molar-refractivity contribution in [2.24, 2.45) is 0 Å². The average Bonchev–Trinajstić information content (AvgIpc) is 2.90. The number of halogens is 2. The van der Waals surface area contributed by atoms with Gasteiger partial charge in [0.15, 0.2) is 0 Å². The Bertz CT molecular complexity index is 1270. The lowest BCUT2D eigenvalue weighted by molar-refractivity contribution is -0.218. The van der Waals surface area contributed by atoms with Gasteiger partial charge in [0.1, 0.15) is 36.0 Å². The van der Waals surface area contributed by atoms with Crippen LogP contribution in [0.3, 0.4) is 0 Å². The quantitative estimate of drug-likeness (QED) is 0.282. The van der Waals surface area contributed by atoms with E-state index in [-0.39, 0.29) is 16.2 Å². The summed E-state index contributed by atoms with van der Waals surface area (Å²) in [5, 5.41) is 41.5. The largest absolute Gasteiger partial charge is 0.494 e. The van der Waals surface area contributed by atoms with Gasteiger partial charge in [-0.2, -0.15) is 0 Å². The lowest BCUT2D eigenvalue weighted by Gasteiger charge is -2.41. The van der Waals surface area contributed by atoms with Gasteiger partial charge in [-0.25, -0.2) is 9.18 Å². The number of thioether (sulfide) groups is 1. The summed E-state index contributed by atoms with van der Waals surface area (Å²) in [6, 6.07) is 16.2. The van der Waals surface area contributed by atoms with Crippen LogP contribution in [0.5, 0.6) is 5.75 Å². The van der Waals surface area contributed by atoms with E-state index in [4.69, 9.17) is 21.1 Å². The van der Waals surface area contributed by atoms with Gasteiger partial charge in [-0.3, -0.25) is 0 Å². The molecule has 10 heteroatoms. The van der Waals surface area contributed by atoms with Gasteiger partial charge >= 0.3 is 5.97 Å². The van der Waals surface area contributed by atoms with Crippen molar-refractivity contribution in [3.8, 4) is 5.75 Å². The van der Waals surface area contributed by atoms with E-state index in [0.717, 1.165) is 40.8 Å². The second-order valence-corrected chi connectivity index (χ2v) is 10.4. The topological polar surface area (TPSA) is 116 Å². The van der Waals surface area contributed by atoms with Gasteiger partial charge in [-0.05, 0) is 66.4 Å². The molecule has 1 saturated heterocycles. The van der Waals surface area contributed by atoms with Crippen LogP contribution in [0, 0.1) is 5.82 Å². The molecule has 3 aromatic rings. The molecule has 1 heterocycles. The van der Waals surface area contributed by atoms with E-state index < -0.39 is 42.3 Å². The predicted molar refractivity (Wildman–Crippen MR) is 142 cm³/mol. The fraction of sp³-hybridized carbons (Fsp3) is 0.321. The zero-order chi connectivity index (χ0) is 27.4. The summed E-state index contributed by atoms with van der Waals surface area (Å²) < 4.78 is 25.8. The van der Waals surface area contributed by atoms with Gasteiger partial charge < -0.3 is 29.9 Å². The number of aromatic carboxylic acids is 1. The van der Waals surface area contributed by atoms with Gasteiger partial charge in [-0.15, -0.1) is 11.8 Å². The maximum atomic E-state index is 14.3. The molecule has 3 aromatic carbocycles. The Morgan fingerprint density at radius 3 is 2.45 bits per heavy atom. The van der Waals surface area contributed by atoms with Crippen LogP contribution < -0.4 is 4.74 Å². The SMILES string of the molecule is CCOc1ccc(Cc2cc([C@@H]3O[C@H](CSc4cc(C(=O)O)ccc4F)[C@@H](O)[C@H](O)[C@H]3O)ccc2Cl)cc1. The highest BCUT2D eigenvalue weighted by Gasteiger charge is 2.44. The molecule has 0 aliphatic carbocycles. The van der Waals surface area contributed by atoms with Crippen molar-refractivity contribution in [1.82, 2.24) is 0 Å². The molecule has 1 fully saturated rings. The number of ether oxygens (including phenoxy) is 2. The number of rotatable bonds is 9. The fourth-order valence-electron chi connectivity index (χ4n) is 4.28. The lowest BCUT2D eigenvalue weighted by Crippen LogP contribution is -2.54. The first kappa shape index (κ1) is 28.4. The highest BCUT2D eigenvalue weighted by Crippen LogP contribution is 2.37. The Balaban J connectivity index is 1.52. The third-order valence-electron chi connectivity index (χ3n) is 6.32. The van der Waals surface area contributed by atoms with Crippen molar-refractivity contribution in [2.45, 2.75) is 48.8 Å². The minimum atomic E-state index is -1.51. The highest BCUT2D eigenvalue weighted by atomic mass is 35.5. The fourth-order valence-corrected chi connectivity index (χ4v) is 5.50. The zero-order valence-corrected chi connectivity index (χ0v) is 22.0. The number of benzene rings is 3. The van der Waals surface area contributed by atoms with Crippen LogP contribution in [-0.2, 0) is 11.2 Å². The van der Waals surface area contributed by atoms with Crippen LogP contribution in [-0.4, -0.2) is 63.2 Å². The lowest BCUT2D eigenvalue weighted by atomic mass is 9.90. The zero-order valence-electron chi connectivity index (χ0n) is 20.5. The number of hydrogen-bond acceptors (Lipinski definition) is 7. The monoisotopic (exact) mass is 562 g/mol. The van der Waals surface area contributed by atoms with Crippen LogP contribution in [0.2, 0.25) is 5.02 Å². The van der Waals surface area contributed by atoms with Crippen LogP contribution in [0.1, 0.15) is 40.1 Å². The molecule has 5 atom stereocenters. The van der Waals surface area contributed by atoms with E-state index in [1.807, 2.05) is 31.2 Å². The third-order valence-corrected chi connectivity index (χ3v) is 7.81. The number of carboxylic acid groups (broad SMARTS) is 1. The molecule has 0 amide bonds. The van der Waals surface area contributed by atoms with Crippen molar-refractivity contribution in [2.75, 3.05) is 12.4 Å². The highest BCUT2D eigenvalue weighted by molar-refractivity contribution is 7.99. The van der Waals surface area contributed by atoms with Crippen LogP contribution in [0.4, 0.5) is 4.39 Å². The first-order chi connectivity index (χ1) is 18.2. The molecule has 38 heavy (non-hydrogen) atoms. The summed E-state index contributed by atoms with van der Waals surface area (Å²) in [7, 11) is 0. The van der Waals surface area contributed by atoms with Crippen molar-refractivity contribution in [3.63, 3.8) is 0 Å². The maximum absolute atomic E-state index is 14.3. The number of aliphatic hydroxyl groups is 3. The summed E-state index contributed by atoms with van der Waals surface area (Å²) in [5.74, 6) is -1.03. The Morgan fingerprint density at radius 1 is 1.03 bits per heavy atom. The van der Waals surface area contributed by atoms with Gasteiger partial charge in [-0.1, -0.05) is 35.9 Å². The molecule has 1 aliphatic heterocycles. The molecule has 0 bridgehead atoms. The van der Waals surface area contributed by atoms with Crippen LogP contribution in [0.15, 0.2) is 65.6 Å². The average molecular weight is 563 g/mol. The molecule has 4 rings (SSSR count). The molecule has 1 aliphatic rings. The normalized spacial score (nSPS) is 23.3. The molecule has 0 unspecified atom stereocenters. The Kier molecular flexibility index (Phi) is 9.30. The summed E-state index contributed by atoms with van der Waals surface area (Å²) >= 11 is 7.41. The standard InChI is InChI=1S/C28H28ClFO7S/c1-2-36-19-7-3-15(4-8-19)11-18-12-16(5-9-20(18)29)27-26(33)25(32)24(31)22(37-27)14-38-23-13-17(28(34)35)6-10-21(23)30/h3-10,12-13,22,24-27,31-33H,2,11,14H2,1H3,(H,34,35)/t22-,24-,25+,26-,27+/m1/s1. The summed E-state index contributed by atoms with van der Waals surface area (Å²) in [6.45, 7) is 2.48. The van der Waals surface area contributed by atoms with Crippen molar-refractivity contribution < 1.29 is 39.1 Å². The van der Waals surface area contributed by atoms with E-state index in [2.05, 4.69) is 0 Å². The van der Waals surface area contributed by atoms with Gasteiger partial charge in [0, 0.05) is 15.7 Å². The molecular weight excluding hydrogens is 535 g/mol. The summed E-state index contributed by atoms with van der Waals surface area (Å²) in [6.07, 6.45) is -5.81. The molecule has 0 saturated carbocycles. The minimum absolute atomic E-state index is 0.00800. The van der Waals surface area contributed by atoms with Crippen molar-refractivity contribution >= 4 is 29.3 Å². The first-order valence-electron chi connectivity index (χ1n) is 12.0. The second-order valence-electron chi connectivity index (χ2n) is 8.93. The van der Waals surface area contributed by atoms with Crippen molar-refractivity contribution in [1.29, 1.82) is 0 Å². The molecule has 0 aromatic heterocycles. The third kappa shape index (κ3) is 6.48. The summed E-state index contributed by atoms with van der Waals surface area (Å²) in [4.78, 5) is 11.3. The van der Waals surface area contributed by atoms with E-state index in [0.29, 0.717) is 23.6 Å². The minimum Gasteiger partial charge on any atom is -0.494 e. The smallest absolute Gasteiger partial charge is 0.335 e.